The molecule has 2 N–H and O–H groups in total. The van der Waals surface area contributed by atoms with Crippen LogP contribution in [0.15, 0.2) is 89.7 Å². The van der Waals surface area contributed by atoms with Gasteiger partial charge in [-0.1, -0.05) is 72.8 Å². The van der Waals surface area contributed by atoms with Gasteiger partial charge in [0.2, 0.25) is 0 Å². The Morgan fingerprint density at radius 3 is 2.35 bits per heavy atom. The second-order valence-electron chi connectivity index (χ2n) is 8.50. The summed E-state index contributed by atoms with van der Waals surface area (Å²) in [4.78, 5) is 32.0. The number of thiazole rings is 2. The zero-order valence-corrected chi connectivity index (χ0v) is 21.4. The summed E-state index contributed by atoms with van der Waals surface area (Å²) in [6.07, 6.45) is 1.81. The van der Waals surface area contributed by atoms with Crippen molar-refractivity contribution >= 4 is 61.9 Å². The molecule has 0 saturated heterocycles. The number of nitrogens with two attached hydrogens (primary N) is 1. The van der Waals surface area contributed by atoms with Crippen LogP contribution in [0.25, 0.3) is 33.3 Å². The zero-order valence-electron chi connectivity index (χ0n) is 19.8. The first-order chi connectivity index (χ1) is 18.1. The average molecular weight is 524 g/mol. The third-order valence-electron chi connectivity index (χ3n) is 6.31. The fraction of sp³-hybridized carbons (Fsp3) is 0.0690. The number of esters is 1. The number of ether oxygens (including phenoxy) is 1. The smallest absolute Gasteiger partial charge is 0.337 e. The first-order valence-electron chi connectivity index (χ1n) is 11.6. The van der Waals surface area contributed by atoms with Gasteiger partial charge in [0.15, 0.2) is 0 Å². The second-order valence-corrected chi connectivity index (χ2v) is 10.6. The Morgan fingerprint density at radius 2 is 1.65 bits per heavy atom. The van der Waals surface area contributed by atoms with E-state index in [1.807, 2.05) is 91.0 Å². The molecule has 3 heterocycles. The molecular weight excluding hydrogens is 502 g/mol. The monoisotopic (exact) mass is 523 g/mol. The van der Waals surface area contributed by atoms with Gasteiger partial charge in [0.25, 0.3) is 5.56 Å². The van der Waals surface area contributed by atoms with Gasteiger partial charge in [-0.25, -0.2) is 9.78 Å². The molecule has 0 spiro atoms. The van der Waals surface area contributed by atoms with Crippen LogP contribution in [0.4, 0.5) is 0 Å². The van der Waals surface area contributed by atoms with Crippen LogP contribution < -0.4 is 20.5 Å². The molecule has 0 amide bonds. The summed E-state index contributed by atoms with van der Waals surface area (Å²) in [7, 11) is 1.35. The van der Waals surface area contributed by atoms with Crippen LogP contribution in [0.3, 0.4) is 0 Å². The molecule has 0 radical (unpaired) electrons. The number of aromatic nitrogens is 2. The molecule has 0 bridgehead atoms. The van der Waals surface area contributed by atoms with Gasteiger partial charge >= 0.3 is 5.97 Å². The maximum Gasteiger partial charge on any atom is 0.337 e. The Kier molecular flexibility index (Phi) is 5.82. The lowest BCUT2D eigenvalue weighted by Crippen LogP contribution is -2.39. The summed E-state index contributed by atoms with van der Waals surface area (Å²) in [6, 6.07) is 27.1. The predicted octanol–water partition coefficient (Wildman–Crippen LogP) is 3.75. The summed E-state index contributed by atoms with van der Waals surface area (Å²) >= 11 is 2.72. The Bertz CT molecular complexity index is 1830. The highest BCUT2D eigenvalue weighted by molar-refractivity contribution is 7.19. The number of para-hydroxylation sites is 1. The van der Waals surface area contributed by atoms with Crippen LogP contribution >= 0.6 is 22.7 Å². The Balaban J connectivity index is 1.73. The lowest BCUT2D eigenvalue weighted by atomic mass is 9.83. The first kappa shape index (κ1) is 23.1. The number of carbonyl (C=O) groups is 1. The van der Waals surface area contributed by atoms with E-state index in [4.69, 9.17) is 15.5 Å². The highest BCUT2D eigenvalue weighted by Gasteiger charge is 2.37. The summed E-state index contributed by atoms with van der Waals surface area (Å²) in [5, 5.41) is 0.659. The molecule has 6 nitrogen and oxygen atoms in total. The van der Waals surface area contributed by atoms with Crippen molar-refractivity contribution in [2.75, 3.05) is 7.11 Å². The van der Waals surface area contributed by atoms with Crippen molar-refractivity contribution in [3.8, 4) is 0 Å². The fourth-order valence-corrected chi connectivity index (χ4v) is 6.85. The zero-order chi connectivity index (χ0) is 25.5. The van der Waals surface area contributed by atoms with Gasteiger partial charge in [-0.3, -0.25) is 9.36 Å². The van der Waals surface area contributed by atoms with Crippen LogP contribution in [0.1, 0.15) is 22.1 Å². The summed E-state index contributed by atoms with van der Waals surface area (Å²) in [5.41, 5.74) is 10.1. The number of nitrogens with zero attached hydrogens (tertiary/aromatic N) is 2. The van der Waals surface area contributed by atoms with E-state index in [-0.39, 0.29) is 11.4 Å². The van der Waals surface area contributed by atoms with Crippen molar-refractivity contribution in [2.24, 2.45) is 5.73 Å². The summed E-state index contributed by atoms with van der Waals surface area (Å²) in [5.74, 6) is -0.803. The van der Waals surface area contributed by atoms with E-state index in [0.717, 1.165) is 21.3 Å². The predicted molar refractivity (Wildman–Crippen MR) is 149 cm³/mol. The topological polar surface area (TPSA) is 87.2 Å². The maximum atomic E-state index is 13.7. The van der Waals surface area contributed by atoms with E-state index in [0.29, 0.717) is 25.3 Å². The van der Waals surface area contributed by atoms with E-state index in [1.54, 1.807) is 0 Å². The SMILES string of the molecule is COC(=O)C1=c2s/c(=C/c3ccccc3)c(=O)n2C(N)=C(c2nc3ccccc3s2)[C@@H]1c1ccccc1. The highest BCUT2D eigenvalue weighted by Crippen LogP contribution is 2.44. The van der Waals surface area contributed by atoms with Gasteiger partial charge in [0.05, 0.1) is 33.3 Å². The molecule has 0 fully saturated rings. The largest absolute Gasteiger partial charge is 0.466 e. The molecule has 1 atom stereocenters. The molecule has 8 heteroatoms. The van der Waals surface area contributed by atoms with Gasteiger partial charge in [-0.05, 0) is 29.3 Å². The Morgan fingerprint density at radius 1 is 0.973 bits per heavy atom. The quantitative estimate of drug-likeness (QED) is 0.363. The van der Waals surface area contributed by atoms with Crippen molar-refractivity contribution < 1.29 is 9.53 Å². The maximum absolute atomic E-state index is 13.7. The molecule has 5 aromatic rings. The van der Waals surface area contributed by atoms with Gasteiger partial charge in [0.1, 0.15) is 15.5 Å². The standard InChI is InChI=1S/C29H21N3O3S2/c1-35-29(34)24-22(18-12-6-3-7-13-18)23(26-31-19-14-8-9-15-20(19)36-26)25(30)32-27(33)21(37-28(24)32)16-17-10-4-2-5-11-17/h2-16,22H,30H2,1H3/b21-16+/t22-/m0/s1. The minimum absolute atomic E-state index is 0.268. The third kappa shape index (κ3) is 3.91. The highest BCUT2D eigenvalue weighted by atomic mass is 32.1. The average Bonchev–Trinajstić information content (AvgIpc) is 3.50. The molecule has 37 heavy (non-hydrogen) atoms. The third-order valence-corrected chi connectivity index (χ3v) is 8.49. The van der Waals surface area contributed by atoms with Crippen LogP contribution in [0.5, 0.6) is 0 Å². The number of hydrogen-bond donors (Lipinski definition) is 1. The fourth-order valence-electron chi connectivity index (χ4n) is 4.63. The van der Waals surface area contributed by atoms with Gasteiger partial charge in [-0.2, -0.15) is 0 Å². The molecule has 0 aliphatic carbocycles. The van der Waals surface area contributed by atoms with Gasteiger partial charge < -0.3 is 10.5 Å². The van der Waals surface area contributed by atoms with Crippen molar-refractivity contribution in [3.05, 3.63) is 121 Å². The summed E-state index contributed by atoms with van der Waals surface area (Å²) < 4.78 is 8.64. The molecular formula is C29H21N3O3S2. The molecule has 6 rings (SSSR count). The minimum Gasteiger partial charge on any atom is -0.466 e. The number of carbonyl (C=O) groups excluding carboxylic acids is 1. The molecule has 182 valence electrons. The van der Waals surface area contributed by atoms with E-state index >= 15 is 0 Å². The molecule has 2 aromatic heterocycles. The van der Waals surface area contributed by atoms with Crippen LogP contribution in [0.2, 0.25) is 0 Å². The molecule has 1 aliphatic heterocycles. The molecule has 1 aliphatic rings. The second kappa shape index (κ2) is 9.31. The van der Waals surface area contributed by atoms with Gasteiger partial charge in [0, 0.05) is 5.57 Å². The van der Waals surface area contributed by atoms with Crippen molar-refractivity contribution in [2.45, 2.75) is 5.92 Å². The van der Waals surface area contributed by atoms with E-state index in [9.17, 15) is 9.59 Å². The molecule has 0 saturated carbocycles. The van der Waals surface area contributed by atoms with Crippen LogP contribution in [-0.2, 0) is 9.53 Å². The molecule has 0 unspecified atom stereocenters. The number of hydrogen-bond acceptors (Lipinski definition) is 7. The van der Waals surface area contributed by atoms with Crippen LogP contribution in [0, 0.1) is 0 Å². The van der Waals surface area contributed by atoms with Crippen molar-refractivity contribution in [3.63, 3.8) is 0 Å². The van der Waals surface area contributed by atoms with E-state index in [1.165, 1.54) is 34.4 Å². The van der Waals surface area contributed by atoms with Gasteiger partial charge in [-0.15, -0.1) is 22.7 Å². The van der Waals surface area contributed by atoms with Crippen molar-refractivity contribution in [1.82, 2.24) is 9.55 Å². The first-order valence-corrected chi connectivity index (χ1v) is 13.2. The normalized spacial score (nSPS) is 15.8. The van der Waals surface area contributed by atoms with Crippen LogP contribution in [-0.4, -0.2) is 22.6 Å². The lowest BCUT2D eigenvalue weighted by molar-refractivity contribution is -0.134. The minimum atomic E-state index is -0.558. The van der Waals surface area contributed by atoms with Crippen molar-refractivity contribution in [1.29, 1.82) is 0 Å². The van der Waals surface area contributed by atoms with E-state index < -0.39 is 11.9 Å². The Hall–Kier alpha value is -4.27. The van der Waals surface area contributed by atoms with E-state index in [2.05, 4.69) is 0 Å². The number of rotatable bonds is 4. The number of methoxy groups -OCH3 is 1. The lowest BCUT2D eigenvalue weighted by Gasteiger charge is -2.27. The number of benzene rings is 3. The number of fused-ring (bicyclic) bond motifs is 2. The summed E-state index contributed by atoms with van der Waals surface area (Å²) in [6.45, 7) is 0. The molecule has 3 aromatic carbocycles. The number of allylic oxidation sites excluding steroid dienone is 1. The Labute approximate surface area is 219 Å².